The smallest absolute Gasteiger partial charge is 0.0363 e. The first-order valence-corrected chi connectivity index (χ1v) is 8.57. The zero-order valence-electron chi connectivity index (χ0n) is 10.1. The van der Waals surface area contributed by atoms with Crippen LogP contribution in [0.2, 0.25) is 0 Å². The Kier molecular flexibility index (Phi) is 5.64. The fourth-order valence-corrected chi connectivity index (χ4v) is 3.76. The number of rotatable bonds is 6. The van der Waals surface area contributed by atoms with Gasteiger partial charge in [-0.05, 0) is 35.4 Å². The van der Waals surface area contributed by atoms with Crippen LogP contribution in [0.5, 0.6) is 0 Å². The van der Waals surface area contributed by atoms with Crippen molar-refractivity contribution in [1.29, 1.82) is 0 Å². The van der Waals surface area contributed by atoms with Gasteiger partial charge in [0.1, 0.15) is 0 Å². The highest BCUT2D eigenvalue weighted by Gasteiger charge is 2.13. The van der Waals surface area contributed by atoms with Crippen molar-refractivity contribution in [3.05, 3.63) is 22.4 Å². The lowest BCUT2D eigenvalue weighted by Crippen LogP contribution is -2.41. The molecule has 0 saturated carbocycles. The van der Waals surface area contributed by atoms with E-state index in [9.17, 15) is 4.21 Å². The van der Waals surface area contributed by atoms with Gasteiger partial charge in [0.2, 0.25) is 0 Å². The molecule has 0 amide bonds. The maximum Gasteiger partial charge on any atom is 0.0363 e. The molecule has 5 heteroatoms. The summed E-state index contributed by atoms with van der Waals surface area (Å²) >= 11 is 1.76. The van der Waals surface area contributed by atoms with E-state index >= 15 is 0 Å². The van der Waals surface area contributed by atoms with Crippen molar-refractivity contribution in [1.82, 2.24) is 10.2 Å². The van der Waals surface area contributed by atoms with Crippen molar-refractivity contribution in [3.63, 3.8) is 0 Å². The lowest BCUT2D eigenvalue weighted by atomic mass is 10.2. The van der Waals surface area contributed by atoms with Gasteiger partial charge in [0, 0.05) is 48.5 Å². The summed E-state index contributed by atoms with van der Waals surface area (Å²) in [6.45, 7) is 5.17. The molecule has 0 bridgehead atoms. The van der Waals surface area contributed by atoms with Crippen molar-refractivity contribution >= 4 is 22.1 Å². The van der Waals surface area contributed by atoms with Crippen molar-refractivity contribution in [3.8, 4) is 0 Å². The first-order valence-electron chi connectivity index (χ1n) is 6.14. The van der Waals surface area contributed by atoms with Gasteiger partial charge in [-0.25, -0.2) is 0 Å². The first-order chi connectivity index (χ1) is 8.34. The van der Waals surface area contributed by atoms with Gasteiger partial charge in [-0.15, -0.1) is 0 Å². The van der Waals surface area contributed by atoms with Gasteiger partial charge in [-0.1, -0.05) is 0 Å². The van der Waals surface area contributed by atoms with E-state index in [0.29, 0.717) is 0 Å². The zero-order chi connectivity index (χ0) is 11.9. The van der Waals surface area contributed by atoms with Crippen molar-refractivity contribution in [2.24, 2.45) is 0 Å². The maximum absolute atomic E-state index is 11.2. The van der Waals surface area contributed by atoms with Crippen molar-refractivity contribution < 1.29 is 4.21 Å². The lowest BCUT2D eigenvalue weighted by molar-refractivity contribution is 0.298. The molecule has 0 atom stereocenters. The summed E-state index contributed by atoms with van der Waals surface area (Å²) in [5, 5.41) is 7.81. The summed E-state index contributed by atoms with van der Waals surface area (Å²) in [7, 11) is -0.551. The fourth-order valence-electron chi connectivity index (χ4n) is 1.93. The van der Waals surface area contributed by atoms with E-state index in [1.165, 1.54) is 5.56 Å². The van der Waals surface area contributed by atoms with E-state index in [2.05, 4.69) is 27.0 Å². The highest BCUT2D eigenvalue weighted by molar-refractivity contribution is 7.85. The van der Waals surface area contributed by atoms with Crippen LogP contribution in [0.1, 0.15) is 5.56 Å². The molecule has 0 spiro atoms. The van der Waals surface area contributed by atoms with Gasteiger partial charge in [-0.3, -0.25) is 4.21 Å². The monoisotopic (exact) mass is 272 g/mol. The lowest BCUT2D eigenvalue weighted by Gasteiger charge is -2.25. The molecule has 1 saturated heterocycles. The molecule has 1 fully saturated rings. The Morgan fingerprint density at radius 1 is 1.35 bits per heavy atom. The Morgan fingerprint density at radius 3 is 2.88 bits per heavy atom. The first kappa shape index (κ1) is 13.2. The van der Waals surface area contributed by atoms with E-state index in [1.807, 2.05) is 0 Å². The van der Waals surface area contributed by atoms with Gasteiger partial charge < -0.3 is 10.2 Å². The van der Waals surface area contributed by atoms with Crippen LogP contribution >= 0.6 is 11.3 Å². The van der Waals surface area contributed by atoms with Crippen LogP contribution in [0.25, 0.3) is 0 Å². The van der Waals surface area contributed by atoms with E-state index < -0.39 is 10.8 Å². The predicted octanol–water partition coefficient (Wildman–Crippen LogP) is 0.945. The van der Waals surface area contributed by atoms with Crippen molar-refractivity contribution in [2.45, 2.75) is 6.42 Å². The van der Waals surface area contributed by atoms with Crippen LogP contribution in [-0.4, -0.2) is 53.3 Å². The summed E-state index contributed by atoms with van der Waals surface area (Å²) in [6.07, 6.45) is 1.12. The molecule has 0 aromatic carbocycles. The Hall–Kier alpha value is -0.230. The minimum Gasteiger partial charge on any atom is -0.315 e. The molecular formula is C12H20N2OS2. The molecule has 2 heterocycles. The molecule has 0 unspecified atom stereocenters. The van der Waals surface area contributed by atoms with Gasteiger partial charge in [0.15, 0.2) is 0 Å². The fraction of sp³-hybridized carbons (Fsp3) is 0.667. The van der Waals surface area contributed by atoms with Crippen LogP contribution in [0.15, 0.2) is 16.8 Å². The molecule has 3 nitrogen and oxygen atoms in total. The maximum atomic E-state index is 11.2. The Balaban J connectivity index is 1.50. The molecule has 2 rings (SSSR count). The number of nitrogens with zero attached hydrogens (tertiary/aromatic N) is 1. The molecule has 1 aromatic heterocycles. The molecule has 1 aliphatic rings. The molecule has 1 N–H and O–H groups in total. The Labute approximate surface area is 110 Å². The minimum absolute atomic E-state index is 0.551. The van der Waals surface area contributed by atoms with Crippen LogP contribution in [0.4, 0.5) is 0 Å². The summed E-state index contributed by atoms with van der Waals surface area (Å²) in [5.74, 6) is 1.71. The highest BCUT2D eigenvalue weighted by atomic mass is 32.2. The summed E-state index contributed by atoms with van der Waals surface area (Å²) < 4.78 is 11.2. The minimum atomic E-state index is -0.551. The Morgan fingerprint density at radius 2 is 2.18 bits per heavy atom. The van der Waals surface area contributed by atoms with E-state index in [0.717, 1.165) is 50.7 Å². The van der Waals surface area contributed by atoms with Gasteiger partial charge in [-0.2, -0.15) is 11.3 Å². The second kappa shape index (κ2) is 7.26. The van der Waals surface area contributed by atoms with Gasteiger partial charge >= 0.3 is 0 Å². The third-order valence-corrected chi connectivity index (χ3v) is 5.05. The molecule has 0 aliphatic carbocycles. The summed E-state index contributed by atoms with van der Waals surface area (Å²) in [5.41, 5.74) is 1.43. The normalized spacial score (nSPS) is 18.6. The number of hydrogen-bond donors (Lipinski definition) is 1. The Bertz CT molecular complexity index is 330. The predicted molar refractivity (Wildman–Crippen MR) is 75.2 cm³/mol. The molecule has 1 aromatic rings. The van der Waals surface area contributed by atoms with Crippen LogP contribution in [0.3, 0.4) is 0 Å². The number of thiophene rings is 1. The molecule has 1 aliphatic heterocycles. The zero-order valence-corrected chi connectivity index (χ0v) is 11.7. The summed E-state index contributed by atoms with van der Waals surface area (Å²) in [6, 6.07) is 2.19. The second-order valence-electron chi connectivity index (χ2n) is 4.32. The third kappa shape index (κ3) is 4.87. The van der Waals surface area contributed by atoms with Crippen molar-refractivity contribution in [2.75, 3.05) is 44.2 Å². The average Bonchev–Trinajstić information content (AvgIpc) is 2.84. The van der Waals surface area contributed by atoms with Crippen LogP contribution in [-0.2, 0) is 17.2 Å². The highest BCUT2D eigenvalue weighted by Crippen LogP contribution is 2.05. The van der Waals surface area contributed by atoms with E-state index in [4.69, 9.17) is 0 Å². The summed E-state index contributed by atoms with van der Waals surface area (Å²) in [4.78, 5) is 2.40. The molecular weight excluding hydrogens is 252 g/mol. The quantitative estimate of drug-likeness (QED) is 0.783. The average molecular weight is 272 g/mol. The third-order valence-electron chi connectivity index (χ3n) is 3.05. The molecule has 17 heavy (non-hydrogen) atoms. The SMILES string of the molecule is O=S1CCN(CCNCCc2ccsc2)CC1. The van der Waals surface area contributed by atoms with E-state index in [1.54, 1.807) is 11.3 Å². The van der Waals surface area contributed by atoms with E-state index in [-0.39, 0.29) is 0 Å². The number of hydrogen-bond acceptors (Lipinski definition) is 4. The second-order valence-corrected chi connectivity index (χ2v) is 6.80. The van der Waals surface area contributed by atoms with Crippen LogP contribution < -0.4 is 5.32 Å². The molecule has 96 valence electrons. The number of nitrogens with one attached hydrogen (secondary N) is 1. The van der Waals surface area contributed by atoms with Gasteiger partial charge in [0.05, 0.1) is 0 Å². The largest absolute Gasteiger partial charge is 0.315 e. The van der Waals surface area contributed by atoms with Crippen LogP contribution in [0, 0.1) is 0 Å². The molecule has 0 radical (unpaired) electrons. The topological polar surface area (TPSA) is 32.3 Å². The van der Waals surface area contributed by atoms with Gasteiger partial charge in [0.25, 0.3) is 0 Å². The standard InChI is InChI=1S/C12H20N2OS2/c15-17-9-6-14(7-10-17)5-4-13-3-1-12-2-8-16-11-12/h2,8,11,13H,1,3-7,9-10H2.